The summed E-state index contributed by atoms with van der Waals surface area (Å²) in [6, 6.07) is 3.86. The van der Waals surface area contributed by atoms with Crippen LogP contribution in [-0.4, -0.2) is 46.9 Å². The maximum absolute atomic E-state index is 10.8. The van der Waals surface area contributed by atoms with Gasteiger partial charge in [-0.05, 0) is 12.1 Å². The van der Waals surface area contributed by atoms with Crippen molar-refractivity contribution in [1.82, 2.24) is 14.6 Å². The summed E-state index contributed by atoms with van der Waals surface area (Å²) in [5.74, 6) is 0.584. The molecule has 0 unspecified atom stereocenters. The van der Waals surface area contributed by atoms with Gasteiger partial charge in [0.05, 0.1) is 25.1 Å². The SMILES string of the molecule is CC(=O)OCc1cn2nc(N3CCOCC3)ccc2n1. The molecule has 0 amide bonds. The average molecular weight is 276 g/mol. The maximum Gasteiger partial charge on any atom is 0.303 e. The first-order chi connectivity index (χ1) is 9.72. The van der Waals surface area contributed by atoms with Crippen molar-refractivity contribution in [3.05, 3.63) is 24.0 Å². The molecule has 7 nitrogen and oxygen atoms in total. The molecule has 2 aromatic rings. The van der Waals surface area contributed by atoms with Crippen molar-refractivity contribution in [3.63, 3.8) is 0 Å². The second-order valence-corrected chi connectivity index (χ2v) is 4.61. The minimum Gasteiger partial charge on any atom is -0.459 e. The third kappa shape index (κ3) is 2.72. The van der Waals surface area contributed by atoms with E-state index in [1.807, 2.05) is 12.1 Å². The summed E-state index contributed by atoms with van der Waals surface area (Å²) >= 11 is 0. The van der Waals surface area contributed by atoms with Gasteiger partial charge in [-0.2, -0.15) is 0 Å². The smallest absolute Gasteiger partial charge is 0.303 e. The van der Waals surface area contributed by atoms with Gasteiger partial charge in [-0.25, -0.2) is 9.50 Å². The lowest BCUT2D eigenvalue weighted by Gasteiger charge is -2.27. The lowest BCUT2D eigenvalue weighted by molar-refractivity contribution is -0.142. The molecule has 0 spiro atoms. The molecule has 0 aromatic carbocycles. The quantitative estimate of drug-likeness (QED) is 0.766. The minimum atomic E-state index is -0.316. The Hall–Kier alpha value is -2.15. The summed E-state index contributed by atoms with van der Waals surface area (Å²) in [7, 11) is 0. The number of aromatic nitrogens is 3. The van der Waals surface area contributed by atoms with Crippen LogP contribution < -0.4 is 4.90 Å². The molecule has 0 atom stereocenters. The van der Waals surface area contributed by atoms with Crippen LogP contribution in [0.5, 0.6) is 0 Å². The molecular formula is C13H16N4O3. The summed E-state index contributed by atoms with van der Waals surface area (Å²) < 4.78 is 12.0. The minimum absolute atomic E-state index is 0.172. The average Bonchev–Trinajstić information content (AvgIpc) is 2.88. The van der Waals surface area contributed by atoms with Gasteiger partial charge in [0, 0.05) is 20.0 Å². The topological polar surface area (TPSA) is 69.0 Å². The summed E-state index contributed by atoms with van der Waals surface area (Å²) in [6.07, 6.45) is 1.78. The summed E-state index contributed by atoms with van der Waals surface area (Å²) in [6.45, 7) is 4.68. The van der Waals surface area contributed by atoms with Crippen molar-refractivity contribution < 1.29 is 14.3 Å². The Labute approximate surface area is 116 Å². The Morgan fingerprint density at radius 1 is 1.40 bits per heavy atom. The van der Waals surface area contributed by atoms with E-state index in [2.05, 4.69) is 15.0 Å². The third-order valence-corrected chi connectivity index (χ3v) is 3.11. The van der Waals surface area contributed by atoms with E-state index in [0.717, 1.165) is 37.8 Å². The van der Waals surface area contributed by atoms with Crippen LogP contribution in [-0.2, 0) is 20.9 Å². The summed E-state index contributed by atoms with van der Waals surface area (Å²) in [4.78, 5) is 17.3. The van der Waals surface area contributed by atoms with Gasteiger partial charge < -0.3 is 14.4 Å². The molecule has 2 aromatic heterocycles. The van der Waals surface area contributed by atoms with E-state index >= 15 is 0 Å². The van der Waals surface area contributed by atoms with E-state index < -0.39 is 0 Å². The van der Waals surface area contributed by atoms with Crippen molar-refractivity contribution in [2.45, 2.75) is 13.5 Å². The first kappa shape index (κ1) is 12.9. The van der Waals surface area contributed by atoms with Gasteiger partial charge in [0.2, 0.25) is 0 Å². The number of rotatable bonds is 3. The van der Waals surface area contributed by atoms with Crippen molar-refractivity contribution in [2.75, 3.05) is 31.2 Å². The van der Waals surface area contributed by atoms with Crippen LogP contribution in [0, 0.1) is 0 Å². The molecule has 1 saturated heterocycles. The number of morpholine rings is 1. The number of imidazole rings is 1. The number of hydrogen-bond acceptors (Lipinski definition) is 6. The number of carbonyl (C=O) groups is 1. The second-order valence-electron chi connectivity index (χ2n) is 4.61. The van der Waals surface area contributed by atoms with Crippen molar-refractivity contribution in [1.29, 1.82) is 0 Å². The summed E-state index contributed by atoms with van der Waals surface area (Å²) in [5, 5.41) is 4.53. The highest BCUT2D eigenvalue weighted by molar-refractivity contribution is 5.65. The van der Waals surface area contributed by atoms with E-state index in [9.17, 15) is 4.79 Å². The number of hydrogen-bond donors (Lipinski definition) is 0. The fourth-order valence-corrected chi connectivity index (χ4v) is 2.13. The Kier molecular flexibility index (Phi) is 3.51. The molecule has 1 fully saturated rings. The second kappa shape index (κ2) is 5.46. The normalized spacial score (nSPS) is 15.6. The predicted octanol–water partition coefficient (Wildman–Crippen LogP) is 0.629. The molecule has 0 bridgehead atoms. The van der Waals surface area contributed by atoms with Gasteiger partial charge in [0.15, 0.2) is 5.65 Å². The number of anilines is 1. The van der Waals surface area contributed by atoms with Gasteiger partial charge in [0.1, 0.15) is 12.4 Å². The zero-order valence-corrected chi connectivity index (χ0v) is 11.3. The van der Waals surface area contributed by atoms with E-state index in [0.29, 0.717) is 5.69 Å². The van der Waals surface area contributed by atoms with Crippen molar-refractivity contribution >= 4 is 17.4 Å². The van der Waals surface area contributed by atoms with Crippen LogP contribution in [0.3, 0.4) is 0 Å². The zero-order chi connectivity index (χ0) is 13.9. The molecule has 3 heterocycles. The van der Waals surface area contributed by atoms with E-state index in [4.69, 9.17) is 9.47 Å². The van der Waals surface area contributed by atoms with Crippen LogP contribution in [0.4, 0.5) is 5.82 Å². The Bertz CT molecular complexity index is 619. The first-order valence-electron chi connectivity index (χ1n) is 6.54. The predicted molar refractivity (Wildman–Crippen MR) is 71.5 cm³/mol. The van der Waals surface area contributed by atoms with Gasteiger partial charge in [-0.1, -0.05) is 0 Å². The van der Waals surface area contributed by atoms with Crippen LogP contribution >= 0.6 is 0 Å². The van der Waals surface area contributed by atoms with Gasteiger partial charge >= 0.3 is 5.97 Å². The Balaban J connectivity index is 1.81. The number of nitrogens with zero attached hydrogens (tertiary/aromatic N) is 4. The van der Waals surface area contributed by atoms with Crippen LogP contribution in [0.1, 0.15) is 12.6 Å². The van der Waals surface area contributed by atoms with Gasteiger partial charge in [0.25, 0.3) is 0 Å². The molecule has 0 radical (unpaired) electrons. The molecule has 0 N–H and O–H groups in total. The molecule has 3 rings (SSSR count). The van der Waals surface area contributed by atoms with Crippen LogP contribution in [0.25, 0.3) is 5.65 Å². The fourth-order valence-electron chi connectivity index (χ4n) is 2.13. The number of esters is 1. The van der Waals surface area contributed by atoms with Gasteiger partial charge in [-0.3, -0.25) is 4.79 Å². The lowest BCUT2D eigenvalue weighted by Crippen LogP contribution is -2.36. The first-order valence-corrected chi connectivity index (χ1v) is 6.54. The van der Waals surface area contributed by atoms with Crippen molar-refractivity contribution in [3.8, 4) is 0 Å². The van der Waals surface area contributed by atoms with E-state index in [1.165, 1.54) is 6.92 Å². The Morgan fingerprint density at radius 2 is 2.20 bits per heavy atom. The zero-order valence-electron chi connectivity index (χ0n) is 11.3. The third-order valence-electron chi connectivity index (χ3n) is 3.11. The number of fused-ring (bicyclic) bond motifs is 1. The van der Waals surface area contributed by atoms with E-state index in [1.54, 1.807) is 10.7 Å². The van der Waals surface area contributed by atoms with Gasteiger partial charge in [-0.15, -0.1) is 5.10 Å². The lowest BCUT2D eigenvalue weighted by atomic mass is 10.4. The highest BCUT2D eigenvalue weighted by atomic mass is 16.5. The molecule has 1 aliphatic heterocycles. The molecule has 0 saturated carbocycles. The molecular weight excluding hydrogens is 260 g/mol. The molecule has 0 aliphatic carbocycles. The number of carbonyl (C=O) groups excluding carboxylic acids is 1. The Morgan fingerprint density at radius 3 is 2.95 bits per heavy atom. The highest BCUT2D eigenvalue weighted by Crippen LogP contribution is 2.14. The van der Waals surface area contributed by atoms with Crippen LogP contribution in [0.2, 0.25) is 0 Å². The molecule has 20 heavy (non-hydrogen) atoms. The molecule has 106 valence electrons. The number of ether oxygens (including phenoxy) is 2. The maximum atomic E-state index is 10.8. The molecule has 7 heteroatoms. The summed E-state index contributed by atoms with van der Waals surface area (Å²) in [5.41, 5.74) is 1.43. The standard InChI is InChI=1S/C13H16N4O3/c1-10(18)20-9-11-8-17-12(14-11)2-3-13(15-17)16-4-6-19-7-5-16/h2-3,8H,4-7,9H2,1H3. The molecule has 1 aliphatic rings. The monoisotopic (exact) mass is 276 g/mol. The van der Waals surface area contributed by atoms with Crippen molar-refractivity contribution in [2.24, 2.45) is 0 Å². The highest BCUT2D eigenvalue weighted by Gasteiger charge is 2.13. The van der Waals surface area contributed by atoms with E-state index in [-0.39, 0.29) is 12.6 Å². The fraction of sp³-hybridized carbons (Fsp3) is 0.462. The largest absolute Gasteiger partial charge is 0.459 e. The van der Waals surface area contributed by atoms with Crippen LogP contribution in [0.15, 0.2) is 18.3 Å².